The molecule has 3 nitrogen and oxygen atoms in total. The highest BCUT2D eigenvalue weighted by atomic mass is 79.9. The molecule has 1 rings (SSSR count). The van der Waals surface area contributed by atoms with Gasteiger partial charge in [-0.25, -0.2) is 4.39 Å². The number of carbonyl (C=O) groups excluding carboxylic acids is 1. The normalized spacial score (nSPS) is 10.0. The fourth-order valence-corrected chi connectivity index (χ4v) is 2.21. The molecule has 1 aromatic carbocycles. The fraction of sp³-hybridized carbons (Fsp3) is 0.364. The van der Waals surface area contributed by atoms with Gasteiger partial charge in [0.2, 0.25) is 0 Å². The first-order valence-electron chi connectivity index (χ1n) is 4.68. The Morgan fingerprint density at radius 3 is 2.50 bits per heavy atom. The van der Waals surface area contributed by atoms with Crippen LogP contribution in [0.3, 0.4) is 0 Å². The molecule has 0 amide bonds. The Balaban J connectivity index is 3.23. The smallest absolute Gasteiger partial charge is 0.172 e. The first kappa shape index (κ1) is 13.0. The molecular formula is C11H12BrFO3. The van der Waals surface area contributed by atoms with Gasteiger partial charge in [-0.2, -0.15) is 0 Å². The zero-order valence-corrected chi connectivity index (χ0v) is 10.6. The van der Waals surface area contributed by atoms with E-state index in [0.717, 1.165) is 6.29 Å². The van der Waals surface area contributed by atoms with E-state index in [1.165, 1.54) is 20.3 Å². The highest BCUT2D eigenvalue weighted by molar-refractivity contribution is 9.10. The Morgan fingerprint density at radius 2 is 2.00 bits per heavy atom. The molecule has 5 heteroatoms. The Hall–Kier alpha value is -1.10. The van der Waals surface area contributed by atoms with Gasteiger partial charge in [-0.15, -0.1) is 0 Å². The van der Waals surface area contributed by atoms with Crippen molar-refractivity contribution in [3.05, 3.63) is 21.9 Å². The van der Waals surface area contributed by atoms with Crippen LogP contribution >= 0.6 is 15.9 Å². The van der Waals surface area contributed by atoms with Crippen molar-refractivity contribution in [3.8, 4) is 11.5 Å². The van der Waals surface area contributed by atoms with Crippen molar-refractivity contribution in [1.29, 1.82) is 0 Å². The van der Waals surface area contributed by atoms with Gasteiger partial charge < -0.3 is 14.3 Å². The fourth-order valence-electron chi connectivity index (χ4n) is 1.44. The molecule has 16 heavy (non-hydrogen) atoms. The lowest BCUT2D eigenvalue weighted by molar-refractivity contribution is -0.107. The van der Waals surface area contributed by atoms with E-state index in [2.05, 4.69) is 15.9 Å². The Kier molecular flexibility index (Phi) is 4.73. The SMILES string of the molecule is COc1c(F)cc(CCC=O)c(OC)c1Br. The zero-order valence-electron chi connectivity index (χ0n) is 9.05. The predicted octanol–water partition coefficient (Wildman–Crippen LogP) is 2.74. The average Bonchev–Trinajstić information content (AvgIpc) is 2.26. The van der Waals surface area contributed by atoms with Gasteiger partial charge in [-0.1, -0.05) is 0 Å². The van der Waals surface area contributed by atoms with Crippen LogP contribution in [0.1, 0.15) is 12.0 Å². The molecule has 0 saturated heterocycles. The van der Waals surface area contributed by atoms with E-state index in [1.54, 1.807) is 0 Å². The molecule has 0 aromatic heterocycles. The lowest BCUT2D eigenvalue weighted by Gasteiger charge is -2.13. The lowest BCUT2D eigenvalue weighted by atomic mass is 10.1. The summed E-state index contributed by atoms with van der Waals surface area (Å²) < 4.78 is 24.1. The van der Waals surface area contributed by atoms with Gasteiger partial charge in [0.05, 0.1) is 14.2 Å². The van der Waals surface area contributed by atoms with Crippen LogP contribution in [0.25, 0.3) is 0 Å². The van der Waals surface area contributed by atoms with Crippen LogP contribution < -0.4 is 9.47 Å². The van der Waals surface area contributed by atoms with Gasteiger partial charge in [0.15, 0.2) is 11.6 Å². The number of rotatable bonds is 5. The van der Waals surface area contributed by atoms with Crippen molar-refractivity contribution in [2.24, 2.45) is 0 Å². The van der Waals surface area contributed by atoms with Crippen LogP contribution in [0.2, 0.25) is 0 Å². The van der Waals surface area contributed by atoms with Crippen LogP contribution in [-0.2, 0) is 11.2 Å². The third-order valence-corrected chi connectivity index (χ3v) is 2.87. The van der Waals surface area contributed by atoms with E-state index < -0.39 is 5.82 Å². The summed E-state index contributed by atoms with van der Waals surface area (Å²) in [5.41, 5.74) is 0.639. The molecule has 0 N–H and O–H groups in total. The van der Waals surface area contributed by atoms with E-state index in [-0.39, 0.29) is 5.75 Å². The van der Waals surface area contributed by atoms with Crippen LogP contribution in [0, 0.1) is 5.82 Å². The van der Waals surface area contributed by atoms with Crippen LogP contribution in [0.15, 0.2) is 10.5 Å². The topological polar surface area (TPSA) is 35.5 Å². The maximum atomic E-state index is 13.6. The molecular weight excluding hydrogens is 279 g/mol. The van der Waals surface area contributed by atoms with Crippen molar-refractivity contribution in [3.63, 3.8) is 0 Å². The second kappa shape index (κ2) is 5.84. The number of aldehydes is 1. The minimum atomic E-state index is -0.476. The summed E-state index contributed by atoms with van der Waals surface area (Å²) in [6, 6.07) is 1.33. The summed E-state index contributed by atoms with van der Waals surface area (Å²) in [5.74, 6) is 0.128. The summed E-state index contributed by atoms with van der Waals surface area (Å²) in [6.07, 6.45) is 1.55. The Morgan fingerprint density at radius 1 is 1.38 bits per heavy atom. The number of ether oxygens (including phenoxy) is 2. The van der Waals surface area contributed by atoms with Gasteiger partial charge in [0.25, 0.3) is 0 Å². The Bertz CT molecular complexity index is 393. The molecule has 1 aromatic rings. The molecule has 0 aliphatic heterocycles. The number of hydrogen-bond acceptors (Lipinski definition) is 3. The molecule has 0 aliphatic rings. The molecule has 88 valence electrons. The second-order valence-corrected chi connectivity index (χ2v) is 3.90. The minimum Gasteiger partial charge on any atom is -0.495 e. The number of methoxy groups -OCH3 is 2. The number of halogens is 2. The molecule has 0 saturated carbocycles. The van der Waals surface area contributed by atoms with Crippen molar-refractivity contribution >= 4 is 22.2 Å². The summed E-state index contributed by atoms with van der Waals surface area (Å²) >= 11 is 3.22. The molecule has 0 spiro atoms. The summed E-state index contributed by atoms with van der Waals surface area (Å²) in [4.78, 5) is 10.3. The van der Waals surface area contributed by atoms with Crippen LogP contribution in [0.4, 0.5) is 4.39 Å². The number of hydrogen-bond donors (Lipinski definition) is 0. The Labute approximate surface area is 102 Å². The van der Waals surface area contributed by atoms with E-state index in [9.17, 15) is 9.18 Å². The standard InChI is InChI=1S/C11H12BrFO3/c1-15-10-7(4-3-5-14)6-8(13)11(16-2)9(10)12/h5-6H,3-4H2,1-2H3. The maximum absolute atomic E-state index is 13.6. The first-order chi connectivity index (χ1) is 7.65. The van der Waals surface area contributed by atoms with Crippen LogP contribution in [0.5, 0.6) is 11.5 Å². The third-order valence-electron chi connectivity index (χ3n) is 2.15. The molecule has 0 atom stereocenters. The van der Waals surface area contributed by atoms with Crippen molar-refractivity contribution in [1.82, 2.24) is 0 Å². The van der Waals surface area contributed by atoms with Gasteiger partial charge >= 0.3 is 0 Å². The largest absolute Gasteiger partial charge is 0.495 e. The third kappa shape index (κ3) is 2.52. The minimum absolute atomic E-state index is 0.103. The average molecular weight is 291 g/mol. The lowest BCUT2D eigenvalue weighted by Crippen LogP contribution is -1.99. The summed E-state index contributed by atoms with van der Waals surface area (Å²) in [6.45, 7) is 0. The molecule has 0 bridgehead atoms. The quantitative estimate of drug-likeness (QED) is 0.782. The van der Waals surface area contributed by atoms with E-state index in [0.29, 0.717) is 28.6 Å². The van der Waals surface area contributed by atoms with E-state index >= 15 is 0 Å². The van der Waals surface area contributed by atoms with E-state index in [4.69, 9.17) is 9.47 Å². The van der Waals surface area contributed by atoms with Gasteiger partial charge in [0, 0.05) is 6.42 Å². The summed E-state index contributed by atoms with van der Waals surface area (Å²) in [5, 5.41) is 0. The summed E-state index contributed by atoms with van der Waals surface area (Å²) in [7, 11) is 2.87. The number of benzene rings is 1. The highest BCUT2D eigenvalue weighted by Gasteiger charge is 2.17. The molecule has 0 unspecified atom stereocenters. The molecule has 0 fully saturated rings. The van der Waals surface area contributed by atoms with Gasteiger partial charge in [-0.05, 0) is 34.0 Å². The molecule has 0 radical (unpaired) electrons. The van der Waals surface area contributed by atoms with Crippen LogP contribution in [-0.4, -0.2) is 20.5 Å². The van der Waals surface area contributed by atoms with E-state index in [1.807, 2.05) is 0 Å². The van der Waals surface area contributed by atoms with Crippen molar-refractivity contribution in [2.75, 3.05) is 14.2 Å². The predicted molar refractivity (Wildman–Crippen MR) is 61.6 cm³/mol. The zero-order chi connectivity index (χ0) is 12.1. The molecule has 0 aliphatic carbocycles. The van der Waals surface area contributed by atoms with Crippen molar-refractivity contribution < 1.29 is 18.7 Å². The highest BCUT2D eigenvalue weighted by Crippen LogP contribution is 2.39. The monoisotopic (exact) mass is 290 g/mol. The number of carbonyl (C=O) groups is 1. The maximum Gasteiger partial charge on any atom is 0.172 e. The van der Waals surface area contributed by atoms with Crippen molar-refractivity contribution in [2.45, 2.75) is 12.8 Å². The number of aryl methyl sites for hydroxylation is 1. The molecule has 0 heterocycles. The van der Waals surface area contributed by atoms with Gasteiger partial charge in [0.1, 0.15) is 16.5 Å². The second-order valence-electron chi connectivity index (χ2n) is 3.10. The first-order valence-corrected chi connectivity index (χ1v) is 5.47. The van der Waals surface area contributed by atoms with Gasteiger partial charge in [-0.3, -0.25) is 0 Å².